The van der Waals surface area contributed by atoms with Crippen LogP contribution in [0, 0.1) is 19.8 Å². The lowest BCUT2D eigenvalue weighted by Crippen LogP contribution is -2.09. The molecule has 1 aromatic carbocycles. The quantitative estimate of drug-likeness (QED) is 0.694. The molecule has 1 atom stereocenters. The van der Waals surface area contributed by atoms with Gasteiger partial charge in [-0.3, -0.25) is 4.99 Å². The fourth-order valence-electron chi connectivity index (χ4n) is 2.57. The van der Waals surface area contributed by atoms with E-state index in [1.54, 1.807) is 0 Å². The third-order valence-electron chi connectivity index (χ3n) is 3.97. The Hall–Kier alpha value is -1.89. The second-order valence-corrected chi connectivity index (χ2v) is 5.36. The van der Waals surface area contributed by atoms with E-state index in [1.165, 1.54) is 28.8 Å². The number of fused-ring (bicyclic) bond motifs is 1. The molecule has 0 N–H and O–H groups in total. The van der Waals surface area contributed by atoms with E-state index in [0.717, 1.165) is 12.1 Å². The highest BCUT2D eigenvalue weighted by molar-refractivity contribution is 6.10. The van der Waals surface area contributed by atoms with Gasteiger partial charge in [0.25, 0.3) is 0 Å². The molecule has 1 aliphatic carbocycles. The van der Waals surface area contributed by atoms with Crippen molar-refractivity contribution in [3.63, 3.8) is 0 Å². The Morgan fingerprint density at radius 1 is 1.16 bits per heavy atom. The van der Waals surface area contributed by atoms with Gasteiger partial charge in [-0.1, -0.05) is 30.4 Å². The van der Waals surface area contributed by atoms with Crippen molar-refractivity contribution in [2.45, 2.75) is 26.7 Å². The molecule has 0 amide bonds. The van der Waals surface area contributed by atoms with Crippen molar-refractivity contribution in [2.24, 2.45) is 10.9 Å². The Morgan fingerprint density at radius 2 is 2.05 bits per heavy atom. The molecular weight excluding hydrogens is 230 g/mol. The minimum absolute atomic E-state index is 0.491. The van der Waals surface area contributed by atoms with E-state index in [4.69, 9.17) is 4.99 Å². The van der Waals surface area contributed by atoms with Gasteiger partial charge in [-0.05, 0) is 56.0 Å². The van der Waals surface area contributed by atoms with Crippen LogP contribution in [0.2, 0.25) is 0 Å². The highest BCUT2D eigenvalue weighted by Gasteiger charge is 2.17. The molecule has 0 fully saturated rings. The number of rotatable bonds is 1. The molecule has 96 valence electrons. The highest BCUT2D eigenvalue weighted by Crippen LogP contribution is 2.27. The van der Waals surface area contributed by atoms with Crippen LogP contribution in [0.4, 0.5) is 0 Å². The van der Waals surface area contributed by atoms with Crippen LogP contribution in [-0.2, 0) is 0 Å². The molecule has 3 rings (SSSR count). The molecule has 1 nitrogen and oxygen atoms in total. The van der Waals surface area contributed by atoms with E-state index < -0.39 is 0 Å². The molecule has 1 unspecified atom stereocenters. The van der Waals surface area contributed by atoms with Crippen LogP contribution in [-0.4, -0.2) is 5.71 Å². The van der Waals surface area contributed by atoms with Gasteiger partial charge in [0.2, 0.25) is 0 Å². The van der Waals surface area contributed by atoms with E-state index in [1.807, 2.05) is 0 Å². The normalized spacial score (nSPS) is 21.5. The number of hydrogen-bond donors (Lipinski definition) is 0. The van der Waals surface area contributed by atoms with Crippen molar-refractivity contribution in [1.82, 2.24) is 0 Å². The first kappa shape index (κ1) is 12.2. The molecular formula is C18H19N. The fraction of sp³-hybridized carbons (Fsp3) is 0.278. The Balaban J connectivity index is 1.97. The Labute approximate surface area is 115 Å². The average Bonchev–Trinajstić information content (AvgIpc) is 2.66. The standard InChI is InChI=1S/C18H19N/c1-13-8-9-16(12-14(13)2)18-11-10-15-6-4-3-5-7-17(15)19-18/h3,5,7-12,15H,4,6H2,1-2H3. The molecule has 0 radical (unpaired) electrons. The Kier molecular flexibility index (Phi) is 3.20. The summed E-state index contributed by atoms with van der Waals surface area (Å²) in [7, 11) is 0. The minimum Gasteiger partial charge on any atom is -0.252 e. The maximum atomic E-state index is 4.84. The summed E-state index contributed by atoms with van der Waals surface area (Å²) in [5, 5.41) is 0. The third kappa shape index (κ3) is 2.46. The van der Waals surface area contributed by atoms with Crippen molar-refractivity contribution in [3.05, 3.63) is 71.0 Å². The van der Waals surface area contributed by atoms with Crippen molar-refractivity contribution >= 4 is 5.71 Å². The van der Waals surface area contributed by atoms with E-state index in [9.17, 15) is 0 Å². The van der Waals surface area contributed by atoms with Gasteiger partial charge in [0.15, 0.2) is 0 Å². The zero-order valence-electron chi connectivity index (χ0n) is 11.6. The zero-order valence-corrected chi connectivity index (χ0v) is 11.6. The summed E-state index contributed by atoms with van der Waals surface area (Å²) in [5.41, 5.74) is 6.15. The van der Waals surface area contributed by atoms with E-state index in [2.05, 4.69) is 62.4 Å². The van der Waals surface area contributed by atoms with E-state index in [-0.39, 0.29) is 0 Å². The van der Waals surface area contributed by atoms with Gasteiger partial charge >= 0.3 is 0 Å². The van der Waals surface area contributed by atoms with Crippen molar-refractivity contribution < 1.29 is 0 Å². The van der Waals surface area contributed by atoms with Crippen LogP contribution >= 0.6 is 0 Å². The number of aryl methyl sites for hydroxylation is 2. The summed E-state index contributed by atoms with van der Waals surface area (Å²) in [5.74, 6) is 0.491. The lowest BCUT2D eigenvalue weighted by molar-refractivity contribution is 0.679. The van der Waals surface area contributed by atoms with Crippen LogP contribution in [0.1, 0.15) is 29.5 Å². The maximum absolute atomic E-state index is 4.84. The van der Waals surface area contributed by atoms with Crippen LogP contribution in [0.15, 0.2) is 59.3 Å². The van der Waals surface area contributed by atoms with Crippen molar-refractivity contribution in [1.29, 1.82) is 0 Å². The van der Waals surface area contributed by atoms with Crippen LogP contribution < -0.4 is 0 Å². The first-order chi connectivity index (χ1) is 9.24. The molecule has 0 saturated heterocycles. The lowest BCUT2D eigenvalue weighted by atomic mass is 9.94. The largest absolute Gasteiger partial charge is 0.252 e. The van der Waals surface area contributed by atoms with Crippen LogP contribution in [0.3, 0.4) is 0 Å². The zero-order chi connectivity index (χ0) is 13.2. The lowest BCUT2D eigenvalue weighted by Gasteiger charge is -2.17. The number of allylic oxidation sites excluding steroid dienone is 5. The predicted molar refractivity (Wildman–Crippen MR) is 81.5 cm³/mol. The van der Waals surface area contributed by atoms with Crippen LogP contribution in [0.5, 0.6) is 0 Å². The van der Waals surface area contributed by atoms with Gasteiger partial charge in [0.05, 0.1) is 5.71 Å². The average molecular weight is 249 g/mol. The molecule has 1 heterocycles. The second-order valence-electron chi connectivity index (χ2n) is 5.36. The maximum Gasteiger partial charge on any atom is 0.0702 e. The number of hydrogen-bond acceptors (Lipinski definition) is 1. The Bertz CT molecular complexity index is 615. The van der Waals surface area contributed by atoms with Gasteiger partial charge in [-0.25, -0.2) is 0 Å². The fourth-order valence-corrected chi connectivity index (χ4v) is 2.57. The van der Waals surface area contributed by atoms with Gasteiger partial charge < -0.3 is 0 Å². The van der Waals surface area contributed by atoms with Gasteiger partial charge in [-0.2, -0.15) is 0 Å². The first-order valence-corrected chi connectivity index (χ1v) is 6.95. The summed E-state index contributed by atoms with van der Waals surface area (Å²) in [4.78, 5) is 4.84. The molecule has 1 heteroatoms. The molecule has 0 aromatic heterocycles. The van der Waals surface area contributed by atoms with E-state index in [0.29, 0.717) is 5.92 Å². The number of nitrogens with zero attached hydrogens (tertiary/aromatic N) is 1. The predicted octanol–water partition coefficient (Wildman–Crippen LogP) is 4.51. The topological polar surface area (TPSA) is 12.4 Å². The monoisotopic (exact) mass is 249 g/mol. The van der Waals surface area contributed by atoms with Crippen molar-refractivity contribution in [3.8, 4) is 0 Å². The summed E-state index contributed by atoms with van der Waals surface area (Å²) < 4.78 is 0. The first-order valence-electron chi connectivity index (χ1n) is 6.95. The van der Waals surface area contributed by atoms with Crippen molar-refractivity contribution in [2.75, 3.05) is 0 Å². The third-order valence-corrected chi connectivity index (χ3v) is 3.97. The number of dihydropyridines is 1. The molecule has 19 heavy (non-hydrogen) atoms. The van der Waals surface area contributed by atoms with Crippen LogP contribution in [0.25, 0.3) is 0 Å². The summed E-state index contributed by atoms with van der Waals surface area (Å²) >= 11 is 0. The molecule has 0 saturated carbocycles. The van der Waals surface area contributed by atoms with E-state index >= 15 is 0 Å². The molecule has 0 spiro atoms. The summed E-state index contributed by atoms with van der Waals surface area (Å²) in [6.45, 7) is 4.30. The highest BCUT2D eigenvalue weighted by atomic mass is 14.8. The van der Waals surface area contributed by atoms with Gasteiger partial charge in [0, 0.05) is 17.2 Å². The molecule has 2 aliphatic rings. The minimum atomic E-state index is 0.491. The molecule has 1 aromatic rings. The SMILES string of the molecule is Cc1ccc(C2=NC3=CC=CCCC3C=C2)cc1C. The smallest absolute Gasteiger partial charge is 0.0702 e. The number of benzene rings is 1. The molecule has 1 aliphatic heterocycles. The molecule has 0 bridgehead atoms. The summed E-state index contributed by atoms with van der Waals surface area (Å²) in [6.07, 6.45) is 13.3. The van der Waals surface area contributed by atoms with Gasteiger partial charge in [0.1, 0.15) is 0 Å². The number of aliphatic imine (C=N–C) groups is 1. The summed E-state index contributed by atoms with van der Waals surface area (Å²) in [6, 6.07) is 6.57. The van der Waals surface area contributed by atoms with Gasteiger partial charge in [-0.15, -0.1) is 0 Å². The Morgan fingerprint density at radius 3 is 2.89 bits per heavy atom. The second kappa shape index (κ2) is 5.00.